The Kier molecular flexibility index (Phi) is 2.57. The number of hydrogen-bond acceptors (Lipinski definition) is 4. The molecule has 1 aromatic heterocycles. The van der Waals surface area contributed by atoms with Crippen LogP contribution in [0, 0.1) is 0 Å². The lowest BCUT2D eigenvalue weighted by Crippen LogP contribution is -2.18. The standard InChI is InChI=1S/C6H6BrN3O3/c7-3-1-2(11)5(12)4(9-3)6(8)10-13/h1,12-13H,(H2,8,10)(H,9,11). The van der Waals surface area contributed by atoms with E-state index in [0.29, 0.717) is 4.60 Å². The molecule has 0 aliphatic carbocycles. The number of oxime groups is 1. The lowest BCUT2D eigenvalue weighted by Gasteiger charge is -2.01. The Hall–Kier alpha value is -1.50. The average molecular weight is 248 g/mol. The topological polar surface area (TPSA) is 112 Å². The minimum atomic E-state index is -0.618. The monoisotopic (exact) mass is 247 g/mol. The summed E-state index contributed by atoms with van der Waals surface area (Å²) in [6.07, 6.45) is 0. The van der Waals surface area contributed by atoms with Crippen molar-refractivity contribution in [3.63, 3.8) is 0 Å². The van der Waals surface area contributed by atoms with Crippen molar-refractivity contribution in [2.24, 2.45) is 10.9 Å². The number of aromatic amines is 1. The molecule has 1 rings (SSSR count). The summed E-state index contributed by atoms with van der Waals surface area (Å²) in [5.41, 5.74) is 4.44. The van der Waals surface area contributed by atoms with Crippen molar-refractivity contribution >= 4 is 21.8 Å². The summed E-state index contributed by atoms with van der Waals surface area (Å²) >= 11 is 2.99. The second-order valence-electron chi connectivity index (χ2n) is 2.19. The Morgan fingerprint density at radius 1 is 1.69 bits per heavy atom. The maximum atomic E-state index is 11.0. The zero-order chi connectivity index (χ0) is 10.0. The molecule has 0 saturated carbocycles. The van der Waals surface area contributed by atoms with E-state index in [1.54, 1.807) is 0 Å². The summed E-state index contributed by atoms with van der Waals surface area (Å²) in [4.78, 5) is 13.5. The lowest BCUT2D eigenvalue weighted by molar-refractivity contribution is 0.318. The molecule has 0 atom stereocenters. The summed E-state index contributed by atoms with van der Waals surface area (Å²) < 4.78 is 0.330. The second-order valence-corrected chi connectivity index (χ2v) is 3.04. The fourth-order valence-electron chi connectivity index (χ4n) is 0.757. The highest BCUT2D eigenvalue weighted by atomic mass is 79.9. The number of nitrogens with one attached hydrogen (secondary N) is 1. The van der Waals surface area contributed by atoms with Crippen molar-refractivity contribution in [3.05, 3.63) is 26.6 Å². The molecule has 5 N–H and O–H groups in total. The lowest BCUT2D eigenvalue weighted by atomic mass is 10.3. The van der Waals surface area contributed by atoms with Crippen molar-refractivity contribution in [3.8, 4) is 5.75 Å². The molecule has 0 fully saturated rings. The molecular formula is C6H6BrN3O3. The predicted molar refractivity (Wildman–Crippen MR) is 48.9 cm³/mol. The van der Waals surface area contributed by atoms with Crippen LogP contribution in [0.3, 0.4) is 0 Å². The first-order chi connectivity index (χ1) is 6.06. The van der Waals surface area contributed by atoms with Gasteiger partial charge in [0.15, 0.2) is 11.6 Å². The summed E-state index contributed by atoms with van der Waals surface area (Å²) in [5, 5.41) is 20.1. The average Bonchev–Trinajstić information content (AvgIpc) is 2.10. The quantitative estimate of drug-likeness (QED) is 0.183. The highest BCUT2D eigenvalue weighted by Crippen LogP contribution is 2.11. The van der Waals surface area contributed by atoms with Gasteiger partial charge in [-0.2, -0.15) is 0 Å². The summed E-state index contributed by atoms with van der Waals surface area (Å²) in [6.45, 7) is 0. The molecule has 0 bridgehead atoms. The normalized spacial score (nSPS) is 11.6. The van der Waals surface area contributed by atoms with E-state index in [-0.39, 0.29) is 11.5 Å². The van der Waals surface area contributed by atoms with Crippen molar-refractivity contribution in [1.82, 2.24) is 4.98 Å². The van der Waals surface area contributed by atoms with Gasteiger partial charge in [-0.3, -0.25) is 4.79 Å². The summed E-state index contributed by atoms with van der Waals surface area (Å²) in [7, 11) is 0. The van der Waals surface area contributed by atoms with E-state index in [1.165, 1.54) is 0 Å². The van der Waals surface area contributed by atoms with E-state index in [9.17, 15) is 9.90 Å². The summed E-state index contributed by atoms with van der Waals surface area (Å²) in [5.74, 6) is -0.950. The molecule has 0 aliphatic heterocycles. The van der Waals surface area contributed by atoms with Crippen LogP contribution in [0.4, 0.5) is 0 Å². The number of nitrogens with zero attached hydrogens (tertiary/aromatic N) is 1. The molecule has 0 saturated heterocycles. The van der Waals surface area contributed by atoms with Crippen molar-refractivity contribution < 1.29 is 10.3 Å². The zero-order valence-electron chi connectivity index (χ0n) is 6.28. The number of aromatic nitrogens is 1. The zero-order valence-corrected chi connectivity index (χ0v) is 7.87. The Bertz CT molecular complexity index is 412. The summed E-state index contributed by atoms with van der Waals surface area (Å²) in [6, 6.07) is 1.13. The third-order valence-electron chi connectivity index (χ3n) is 1.34. The van der Waals surface area contributed by atoms with E-state index >= 15 is 0 Å². The Balaban J connectivity index is 3.46. The predicted octanol–water partition coefficient (Wildman–Crippen LogP) is -0.0625. The Morgan fingerprint density at radius 3 is 2.85 bits per heavy atom. The van der Waals surface area contributed by atoms with Gasteiger partial charge in [0, 0.05) is 6.07 Å². The van der Waals surface area contributed by atoms with Crippen molar-refractivity contribution in [2.45, 2.75) is 0 Å². The number of nitrogens with two attached hydrogens (primary N) is 1. The second kappa shape index (κ2) is 3.48. The van der Waals surface area contributed by atoms with Crippen LogP contribution in [0.15, 0.2) is 20.6 Å². The molecule has 0 unspecified atom stereocenters. The third-order valence-corrected chi connectivity index (χ3v) is 1.76. The van der Waals surface area contributed by atoms with Gasteiger partial charge in [0.2, 0.25) is 5.43 Å². The first-order valence-corrected chi connectivity index (χ1v) is 3.95. The van der Waals surface area contributed by atoms with E-state index in [1.807, 2.05) is 0 Å². The molecule has 1 heterocycles. The van der Waals surface area contributed by atoms with Gasteiger partial charge in [-0.25, -0.2) is 0 Å². The number of H-pyrrole nitrogens is 1. The molecule has 0 amide bonds. The number of amidine groups is 1. The highest BCUT2D eigenvalue weighted by Gasteiger charge is 2.10. The SMILES string of the molecule is N/C(=N\O)c1[nH]c(Br)cc(=O)c1O. The van der Waals surface area contributed by atoms with Gasteiger partial charge in [0.25, 0.3) is 0 Å². The van der Waals surface area contributed by atoms with E-state index in [2.05, 4.69) is 26.1 Å². The molecule has 0 radical (unpaired) electrons. The number of halogens is 1. The fourth-order valence-corrected chi connectivity index (χ4v) is 1.16. The van der Waals surface area contributed by atoms with Crippen LogP contribution in [0.5, 0.6) is 5.75 Å². The molecule has 13 heavy (non-hydrogen) atoms. The van der Waals surface area contributed by atoms with Crippen LogP contribution in [0.2, 0.25) is 0 Å². The number of aromatic hydroxyl groups is 1. The molecule has 6 nitrogen and oxygen atoms in total. The van der Waals surface area contributed by atoms with Crippen LogP contribution >= 0.6 is 15.9 Å². The van der Waals surface area contributed by atoms with Crippen LogP contribution in [0.25, 0.3) is 0 Å². The maximum absolute atomic E-state index is 11.0. The first kappa shape index (κ1) is 9.59. The van der Waals surface area contributed by atoms with Gasteiger partial charge >= 0.3 is 0 Å². The number of pyridine rings is 1. The smallest absolute Gasteiger partial charge is 0.225 e. The fraction of sp³-hybridized carbons (Fsp3) is 0. The number of hydrogen-bond donors (Lipinski definition) is 4. The van der Waals surface area contributed by atoms with Gasteiger partial charge < -0.3 is 21.0 Å². The van der Waals surface area contributed by atoms with Crippen LogP contribution in [0.1, 0.15) is 5.69 Å². The van der Waals surface area contributed by atoms with Gasteiger partial charge in [0.05, 0.1) is 4.60 Å². The Labute approximate surface area is 80.8 Å². The van der Waals surface area contributed by atoms with Crippen LogP contribution in [-0.4, -0.2) is 21.1 Å². The third kappa shape index (κ3) is 1.81. The largest absolute Gasteiger partial charge is 0.503 e. The van der Waals surface area contributed by atoms with Crippen molar-refractivity contribution in [1.29, 1.82) is 0 Å². The van der Waals surface area contributed by atoms with Crippen LogP contribution < -0.4 is 11.2 Å². The molecule has 1 aromatic rings. The van der Waals surface area contributed by atoms with E-state index in [0.717, 1.165) is 6.07 Å². The maximum Gasteiger partial charge on any atom is 0.225 e. The van der Waals surface area contributed by atoms with Gasteiger partial charge in [0.1, 0.15) is 5.69 Å². The van der Waals surface area contributed by atoms with E-state index < -0.39 is 11.2 Å². The molecular weight excluding hydrogens is 242 g/mol. The van der Waals surface area contributed by atoms with Gasteiger partial charge in [-0.05, 0) is 15.9 Å². The number of rotatable bonds is 1. The van der Waals surface area contributed by atoms with E-state index in [4.69, 9.17) is 10.9 Å². The minimum Gasteiger partial charge on any atom is -0.503 e. The highest BCUT2D eigenvalue weighted by molar-refractivity contribution is 9.10. The molecule has 0 spiro atoms. The molecule has 0 aliphatic rings. The molecule has 0 aromatic carbocycles. The molecule has 7 heteroatoms. The van der Waals surface area contributed by atoms with Gasteiger partial charge in [-0.1, -0.05) is 5.16 Å². The minimum absolute atomic E-state index is 0.123. The van der Waals surface area contributed by atoms with Gasteiger partial charge in [-0.15, -0.1) is 0 Å². The van der Waals surface area contributed by atoms with Crippen molar-refractivity contribution in [2.75, 3.05) is 0 Å². The Morgan fingerprint density at radius 2 is 2.31 bits per heavy atom. The van der Waals surface area contributed by atoms with Crippen LogP contribution in [-0.2, 0) is 0 Å². The first-order valence-electron chi connectivity index (χ1n) is 3.16. The molecule has 70 valence electrons.